The lowest BCUT2D eigenvalue weighted by molar-refractivity contribution is -0.157. The predicted molar refractivity (Wildman–Crippen MR) is 49.3 cm³/mol. The molecule has 1 rings (SSSR count). The van der Waals surface area contributed by atoms with Crippen molar-refractivity contribution in [1.29, 1.82) is 0 Å². The van der Waals surface area contributed by atoms with Crippen molar-refractivity contribution in [3.63, 3.8) is 0 Å². The summed E-state index contributed by atoms with van der Waals surface area (Å²) in [5.41, 5.74) is -1.56. The van der Waals surface area contributed by atoms with E-state index < -0.39 is 29.5 Å². The highest BCUT2D eigenvalue weighted by Gasteiger charge is 2.40. The zero-order valence-electron chi connectivity index (χ0n) is 8.65. The number of hydrogen-bond donors (Lipinski definition) is 1. The average Bonchev–Trinajstić information content (AvgIpc) is 2.15. The highest BCUT2D eigenvalue weighted by molar-refractivity contribution is 5.28. The van der Waals surface area contributed by atoms with E-state index in [1.807, 2.05) is 5.32 Å². The smallest absolute Gasteiger partial charge is 0.306 e. The molecule has 96 valence electrons. The Labute approximate surface area is 93.4 Å². The van der Waals surface area contributed by atoms with Crippen molar-refractivity contribution in [2.45, 2.75) is 18.4 Å². The highest BCUT2D eigenvalue weighted by atomic mass is 19.4. The maximum atomic E-state index is 12.5. The maximum absolute atomic E-state index is 12.5. The van der Waals surface area contributed by atoms with Crippen LogP contribution in [0, 0.1) is 0 Å². The van der Waals surface area contributed by atoms with E-state index in [4.69, 9.17) is 0 Å². The lowest BCUT2D eigenvalue weighted by Crippen LogP contribution is -2.31. The molecule has 17 heavy (non-hydrogen) atoms. The van der Waals surface area contributed by atoms with Gasteiger partial charge in [0.2, 0.25) is 0 Å². The number of benzene rings is 1. The van der Waals surface area contributed by atoms with E-state index in [-0.39, 0.29) is 0 Å². The van der Waals surface area contributed by atoms with Crippen molar-refractivity contribution in [1.82, 2.24) is 5.32 Å². The molecule has 1 aromatic rings. The SMILES string of the molecule is CNC(c1cccc(C(F)(F)F)c1)C(F)(F)F. The molecule has 7 heteroatoms. The van der Waals surface area contributed by atoms with Crippen LogP contribution in [0.3, 0.4) is 0 Å². The van der Waals surface area contributed by atoms with Gasteiger partial charge in [-0.25, -0.2) is 0 Å². The van der Waals surface area contributed by atoms with Gasteiger partial charge in [0.15, 0.2) is 0 Å². The molecule has 1 nitrogen and oxygen atoms in total. The summed E-state index contributed by atoms with van der Waals surface area (Å²) in [6, 6.07) is 1.07. The van der Waals surface area contributed by atoms with E-state index in [0.717, 1.165) is 25.2 Å². The molecule has 1 aromatic carbocycles. The molecule has 0 aliphatic carbocycles. The quantitative estimate of drug-likeness (QED) is 0.799. The lowest BCUT2D eigenvalue weighted by atomic mass is 10.0. The van der Waals surface area contributed by atoms with Crippen LogP contribution in [-0.4, -0.2) is 13.2 Å². The summed E-state index contributed by atoms with van der Waals surface area (Å²) in [6.07, 6.45) is -9.29. The number of alkyl halides is 6. The third-order valence-corrected chi connectivity index (χ3v) is 2.16. The first-order chi connectivity index (χ1) is 7.66. The zero-order valence-corrected chi connectivity index (χ0v) is 8.65. The largest absolute Gasteiger partial charge is 0.416 e. The molecule has 0 spiro atoms. The first-order valence-corrected chi connectivity index (χ1v) is 4.57. The first-order valence-electron chi connectivity index (χ1n) is 4.57. The molecule has 0 aliphatic heterocycles. The molecule has 0 saturated carbocycles. The Kier molecular flexibility index (Phi) is 3.71. The van der Waals surface area contributed by atoms with Gasteiger partial charge in [-0.05, 0) is 24.7 Å². The van der Waals surface area contributed by atoms with Gasteiger partial charge in [0.1, 0.15) is 6.04 Å². The van der Waals surface area contributed by atoms with Gasteiger partial charge in [0.25, 0.3) is 0 Å². The van der Waals surface area contributed by atoms with Gasteiger partial charge in [-0.3, -0.25) is 0 Å². The molecule has 1 N–H and O–H groups in total. The Bertz CT molecular complexity index is 381. The Balaban J connectivity index is 3.15. The third kappa shape index (κ3) is 3.36. The van der Waals surface area contributed by atoms with Gasteiger partial charge in [0.05, 0.1) is 5.56 Å². The number of halogens is 6. The molecule has 0 fully saturated rings. The summed E-state index contributed by atoms with van der Waals surface area (Å²) in [5, 5.41) is 1.94. The van der Waals surface area contributed by atoms with Crippen LogP contribution in [0.1, 0.15) is 17.2 Å². The van der Waals surface area contributed by atoms with Crippen molar-refractivity contribution in [3.8, 4) is 0 Å². The molecular formula is C10H9F6N. The number of hydrogen-bond acceptors (Lipinski definition) is 1. The molecule has 0 aliphatic rings. The molecule has 1 unspecified atom stereocenters. The van der Waals surface area contributed by atoms with E-state index in [0.29, 0.717) is 6.07 Å². The van der Waals surface area contributed by atoms with Gasteiger partial charge in [-0.2, -0.15) is 26.3 Å². The topological polar surface area (TPSA) is 12.0 Å². The van der Waals surface area contributed by atoms with E-state index >= 15 is 0 Å². The zero-order chi connectivity index (χ0) is 13.3. The van der Waals surface area contributed by atoms with Crippen LogP contribution in [0.2, 0.25) is 0 Å². The van der Waals surface area contributed by atoms with Crippen LogP contribution in [-0.2, 0) is 6.18 Å². The van der Waals surface area contributed by atoms with Crippen LogP contribution < -0.4 is 5.32 Å². The normalized spacial score (nSPS) is 14.8. The fourth-order valence-corrected chi connectivity index (χ4v) is 1.41. The van der Waals surface area contributed by atoms with Crippen LogP contribution in [0.4, 0.5) is 26.3 Å². The van der Waals surface area contributed by atoms with E-state index in [1.54, 1.807) is 0 Å². The van der Waals surface area contributed by atoms with E-state index in [1.165, 1.54) is 0 Å². The minimum atomic E-state index is -4.65. The summed E-state index contributed by atoms with van der Waals surface area (Å²) in [5.74, 6) is 0. The van der Waals surface area contributed by atoms with Crippen molar-refractivity contribution < 1.29 is 26.3 Å². The molecule has 0 heterocycles. The van der Waals surface area contributed by atoms with Crippen LogP contribution in [0.15, 0.2) is 24.3 Å². The van der Waals surface area contributed by atoms with Crippen LogP contribution >= 0.6 is 0 Å². The van der Waals surface area contributed by atoms with Crippen molar-refractivity contribution in [3.05, 3.63) is 35.4 Å². The monoisotopic (exact) mass is 257 g/mol. The molecule has 0 radical (unpaired) electrons. The van der Waals surface area contributed by atoms with Crippen LogP contribution in [0.25, 0.3) is 0 Å². The Morgan fingerprint density at radius 1 is 1.06 bits per heavy atom. The fourth-order valence-electron chi connectivity index (χ4n) is 1.41. The second kappa shape index (κ2) is 4.56. The Hall–Kier alpha value is -1.24. The van der Waals surface area contributed by atoms with Crippen molar-refractivity contribution in [2.75, 3.05) is 7.05 Å². The molecule has 1 atom stereocenters. The second-order valence-corrected chi connectivity index (χ2v) is 3.39. The predicted octanol–water partition coefficient (Wildman–Crippen LogP) is 3.53. The standard InChI is InChI=1S/C10H9F6N/c1-17-8(10(14,15)16)6-3-2-4-7(5-6)9(11,12)13/h2-5,8,17H,1H3. The second-order valence-electron chi connectivity index (χ2n) is 3.39. The summed E-state index contributed by atoms with van der Waals surface area (Å²) >= 11 is 0. The summed E-state index contributed by atoms with van der Waals surface area (Å²) in [4.78, 5) is 0. The highest BCUT2D eigenvalue weighted by Crippen LogP contribution is 2.35. The van der Waals surface area contributed by atoms with Gasteiger partial charge >= 0.3 is 12.4 Å². The summed E-state index contributed by atoms with van der Waals surface area (Å²) in [6.45, 7) is 0. The van der Waals surface area contributed by atoms with Gasteiger partial charge in [-0.1, -0.05) is 12.1 Å². The third-order valence-electron chi connectivity index (χ3n) is 2.16. The number of rotatable bonds is 2. The molecule has 0 amide bonds. The minimum absolute atomic E-state index is 0.463. The van der Waals surface area contributed by atoms with E-state index in [9.17, 15) is 26.3 Å². The van der Waals surface area contributed by atoms with Gasteiger partial charge in [0, 0.05) is 0 Å². The minimum Gasteiger partial charge on any atom is -0.306 e. The molecule has 0 saturated heterocycles. The van der Waals surface area contributed by atoms with Crippen molar-refractivity contribution >= 4 is 0 Å². The Morgan fingerprint density at radius 2 is 1.65 bits per heavy atom. The lowest BCUT2D eigenvalue weighted by Gasteiger charge is -2.20. The van der Waals surface area contributed by atoms with Gasteiger partial charge < -0.3 is 5.32 Å². The Morgan fingerprint density at radius 3 is 2.06 bits per heavy atom. The molecular weight excluding hydrogens is 248 g/mol. The first kappa shape index (κ1) is 13.8. The van der Waals surface area contributed by atoms with E-state index in [2.05, 4.69) is 0 Å². The fraction of sp³-hybridized carbons (Fsp3) is 0.400. The molecule has 0 aromatic heterocycles. The number of nitrogens with one attached hydrogen (secondary N) is 1. The molecule has 0 bridgehead atoms. The maximum Gasteiger partial charge on any atom is 0.416 e. The van der Waals surface area contributed by atoms with Gasteiger partial charge in [-0.15, -0.1) is 0 Å². The average molecular weight is 257 g/mol. The summed E-state index contributed by atoms with van der Waals surface area (Å²) in [7, 11) is 1.04. The van der Waals surface area contributed by atoms with Crippen molar-refractivity contribution in [2.24, 2.45) is 0 Å². The summed E-state index contributed by atoms with van der Waals surface area (Å²) < 4.78 is 74.5. The van der Waals surface area contributed by atoms with Crippen LogP contribution in [0.5, 0.6) is 0 Å².